The van der Waals surface area contributed by atoms with Crippen LogP contribution in [0.2, 0.25) is 0 Å². The molecule has 3 aliphatic heterocycles. The van der Waals surface area contributed by atoms with E-state index in [1.54, 1.807) is 20.8 Å². The predicted octanol–water partition coefficient (Wildman–Crippen LogP) is 0.398. The van der Waals surface area contributed by atoms with Crippen LogP contribution in [0.1, 0.15) is 47.5 Å². The van der Waals surface area contributed by atoms with Crippen LogP contribution in [0.25, 0.3) is 0 Å². The van der Waals surface area contributed by atoms with Gasteiger partial charge in [0.1, 0.15) is 17.1 Å². The summed E-state index contributed by atoms with van der Waals surface area (Å²) >= 11 is 0. The number of ether oxygens (including phenoxy) is 5. The van der Waals surface area contributed by atoms with Gasteiger partial charge >= 0.3 is 29.8 Å². The van der Waals surface area contributed by atoms with Crippen molar-refractivity contribution in [3.8, 4) is 0 Å². The van der Waals surface area contributed by atoms with Crippen LogP contribution in [0.5, 0.6) is 0 Å². The van der Waals surface area contributed by atoms with Crippen molar-refractivity contribution in [3.05, 3.63) is 0 Å². The van der Waals surface area contributed by atoms with Crippen LogP contribution >= 0.6 is 0 Å². The van der Waals surface area contributed by atoms with Crippen molar-refractivity contribution in [3.63, 3.8) is 0 Å². The van der Waals surface area contributed by atoms with E-state index < -0.39 is 76.6 Å². The number of cyclic esters (lactones) is 1. The third-order valence-electron chi connectivity index (χ3n) is 6.75. The molecule has 158 valence electrons. The fourth-order valence-electron chi connectivity index (χ4n) is 5.88. The molecule has 10 nitrogen and oxygen atoms in total. The first-order chi connectivity index (χ1) is 13.3. The largest absolute Gasteiger partial charge is 0.461 e. The van der Waals surface area contributed by atoms with Crippen LogP contribution in [0.3, 0.4) is 0 Å². The molecule has 0 aromatic rings. The Hall–Kier alpha value is -2.65. The highest BCUT2D eigenvalue weighted by atomic mass is 16.7. The predicted molar refractivity (Wildman–Crippen MR) is 89.5 cm³/mol. The zero-order valence-corrected chi connectivity index (χ0v) is 16.7. The number of carbonyl (C=O) groups excluding carboxylic acids is 5. The van der Waals surface area contributed by atoms with Gasteiger partial charge < -0.3 is 23.7 Å². The Morgan fingerprint density at radius 1 is 1.03 bits per heavy atom. The van der Waals surface area contributed by atoms with E-state index in [0.29, 0.717) is 0 Å². The maximum atomic E-state index is 13.3. The Morgan fingerprint density at radius 3 is 2.21 bits per heavy atom. The molecule has 2 bridgehead atoms. The quantitative estimate of drug-likeness (QED) is 0.465. The Kier molecular flexibility index (Phi) is 3.72. The zero-order chi connectivity index (χ0) is 21.6. The molecule has 0 aromatic heterocycles. The summed E-state index contributed by atoms with van der Waals surface area (Å²) in [5.41, 5.74) is -5.76. The van der Waals surface area contributed by atoms with Crippen LogP contribution in [-0.4, -0.2) is 53.9 Å². The molecule has 1 aliphatic carbocycles. The van der Waals surface area contributed by atoms with Gasteiger partial charge in [-0.2, -0.15) is 0 Å². The van der Waals surface area contributed by atoms with E-state index in [0.717, 1.165) is 13.8 Å². The van der Waals surface area contributed by atoms with Gasteiger partial charge in [0.2, 0.25) is 6.10 Å². The lowest BCUT2D eigenvalue weighted by Gasteiger charge is -2.49. The van der Waals surface area contributed by atoms with Gasteiger partial charge in [-0.05, 0) is 0 Å². The highest BCUT2D eigenvalue weighted by Crippen LogP contribution is 2.78. The van der Waals surface area contributed by atoms with Gasteiger partial charge in [-0.25, -0.2) is 4.79 Å². The van der Waals surface area contributed by atoms with Crippen molar-refractivity contribution < 1.29 is 47.7 Å². The van der Waals surface area contributed by atoms with E-state index in [9.17, 15) is 24.0 Å². The molecule has 1 saturated carbocycles. The maximum absolute atomic E-state index is 13.3. The van der Waals surface area contributed by atoms with E-state index in [2.05, 4.69) is 0 Å². The molecule has 29 heavy (non-hydrogen) atoms. The van der Waals surface area contributed by atoms with Crippen LogP contribution < -0.4 is 0 Å². The number of esters is 5. The van der Waals surface area contributed by atoms with E-state index in [1.807, 2.05) is 0 Å². The molecule has 4 fully saturated rings. The van der Waals surface area contributed by atoms with Crippen molar-refractivity contribution in [2.24, 2.45) is 16.2 Å². The average molecular weight is 410 g/mol. The van der Waals surface area contributed by atoms with Gasteiger partial charge in [0.25, 0.3) is 6.29 Å². The second-order valence-corrected chi connectivity index (χ2v) is 9.03. The van der Waals surface area contributed by atoms with Gasteiger partial charge in [-0.3, -0.25) is 19.2 Å². The van der Waals surface area contributed by atoms with Gasteiger partial charge in [-0.15, -0.1) is 0 Å². The first kappa shape index (κ1) is 19.7. The lowest BCUT2D eigenvalue weighted by molar-refractivity contribution is -0.236. The minimum Gasteiger partial charge on any atom is -0.461 e. The molecule has 0 radical (unpaired) electrons. The summed E-state index contributed by atoms with van der Waals surface area (Å²) in [6, 6.07) is 0. The van der Waals surface area contributed by atoms with Gasteiger partial charge in [0.15, 0.2) is 5.41 Å². The standard InChI is InChI=1S/C19H22O10/c1-8(20)25-12-13(23)28-15(26-9(2)21)19(12)17-7-11(22)27-10(17)6-18(19,16(3,4)5)29-14(17)24/h10,12,15H,6-7H2,1-5H3/t10-,12-,15+,17-,18+,19+/m0/s1. The van der Waals surface area contributed by atoms with Crippen molar-refractivity contribution in [1.82, 2.24) is 0 Å². The minimum atomic E-state index is -1.78. The molecule has 4 aliphatic rings. The Balaban J connectivity index is 2.06. The first-order valence-corrected chi connectivity index (χ1v) is 9.31. The van der Waals surface area contributed by atoms with E-state index in [1.165, 1.54) is 0 Å². The van der Waals surface area contributed by atoms with E-state index in [-0.39, 0.29) is 6.42 Å². The second-order valence-electron chi connectivity index (χ2n) is 9.03. The highest BCUT2D eigenvalue weighted by molar-refractivity contribution is 5.96. The van der Waals surface area contributed by atoms with E-state index in [4.69, 9.17) is 23.7 Å². The van der Waals surface area contributed by atoms with Gasteiger partial charge in [-0.1, -0.05) is 20.8 Å². The monoisotopic (exact) mass is 410 g/mol. The fraction of sp³-hybridized carbons (Fsp3) is 0.737. The van der Waals surface area contributed by atoms with Crippen LogP contribution in [0.15, 0.2) is 0 Å². The SMILES string of the molecule is CC(=O)O[C@@H]1OC(=O)[C@H](OC(C)=O)[C@]12[C@@]13CC(=O)O[C@H]1C[C@]2(C(C)(C)C)OC3=O. The highest BCUT2D eigenvalue weighted by Gasteiger charge is 2.96. The third kappa shape index (κ3) is 1.99. The molecule has 2 spiro atoms. The molecule has 3 saturated heterocycles. The van der Waals surface area contributed by atoms with Gasteiger partial charge in [0.05, 0.1) is 6.42 Å². The van der Waals surface area contributed by atoms with Crippen LogP contribution in [-0.2, 0) is 47.7 Å². The molecule has 3 heterocycles. The summed E-state index contributed by atoms with van der Waals surface area (Å²) in [5, 5.41) is 0. The van der Waals surface area contributed by atoms with Crippen molar-refractivity contribution in [2.75, 3.05) is 0 Å². The van der Waals surface area contributed by atoms with Crippen molar-refractivity contribution >= 4 is 29.8 Å². The summed E-state index contributed by atoms with van der Waals surface area (Å²) in [6.07, 6.45) is -4.49. The molecule has 6 atom stereocenters. The maximum Gasteiger partial charge on any atom is 0.351 e. The summed E-state index contributed by atoms with van der Waals surface area (Å²) < 4.78 is 27.4. The third-order valence-corrected chi connectivity index (χ3v) is 6.75. The zero-order valence-electron chi connectivity index (χ0n) is 16.7. The molecule has 0 aromatic carbocycles. The summed E-state index contributed by atoms with van der Waals surface area (Å²) in [6.45, 7) is 7.57. The smallest absolute Gasteiger partial charge is 0.351 e. The fourth-order valence-corrected chi connectivity index (χ4v) is 5.88. The van der Waals surface area contributed by atoms with Crippen LogP contribution in [0, 0.1) is 16.2 Å². The molecule has 0 unspecified atom stereocenters. The second kappa shape index (κ2) is 5.48. The Labute approximate surface area is 166 Å². The number of hydrogen-bond acceptors (Lipinski definition) is 10. The molecule has 0 amide bonds. The lowest BCUT2D eigenvalue weighted by Crippen LogP contribution is -2.64. The number of rotatable bonds is 2. The molecule has 4 rings (SSSR count). The van der Waals surface area contributed by atoms with Crippen LogP contribution in [0.4, 0.5) is 0 Å². The summed E-state index contributed by atoms with van der Waals surface area (Å²) in [7, 11) is 0. The number of hydrogen-bond donors (Lipinski definition) is 0. The van der Waals surface area contributed by atoms with Crippen molar-refractivity contribution in [2.45, 2.75) is 71.6 Å². The normalized spacial score (nSPS) is 42.4. The molecular formula is C19H22O10. The first-order valence-electron chi connectivity index (χ1n) is 9.31. The molecular weight excluding hydrogens is 388 g/mol. The average Bonchev–Trinajstić information content (AvgIpc) is 3.15. The molecule has 0 N–H and O–H groups in total. The Bertz CT molecular complexity index is 856. The lowest BCUT2D eigenvalue weighted by atomic mass is 9.53. The summed E-state index contributed by atoms with van der Waals surface area (Å²) in [4.78, 5) is 62.1. The van der Waals surface area contributed by atoms with Crippen molar-refractivity contribution in [1.29, 1.82) is 0 Å². The minimum absolute atomic E-state index is 0.0557. The summed E-state index contributed by atoms with van der Waals surface area (Å²) in [5.74, 6) is -3.96. The molecule has 10 heteroatoms. The van der Waals surface area contributed by atoms with Gasteiger partial charge in [0, 0.05) is 25.7 Å². The number of carbonyl (C=O) groups is 5. The van der Waals surface area contributed by atoms with E-state index >= 15 is 0 Å². The Morgan fingerprint density at radius 2 is 1.66 bits per heavy atom. The topological polar surface area (TPSA) is 132 Å².